The van der Waals surface area contributed by atoms with Gasteiger partial charge in [0, 0.05) is 30.0 Å². The van der Waals surface area contributed by atoms with Crippen molar-refractivity contribution in [3.8, 4) is 0 Å². The number of aryl methyl sites for hydroxylation is 1. The van der Waals surface area contributed by atoms with Crippen LogP contribution in [0.5, 0.6) is 0 Å². The number of ether oxygens (including phenoxy) is 1. The number of carbonyl (C=O) groups excluding carboxylic acids is 2. The number of hydrogen-bond donors (Lipinski definition) is 0. The Bertz CT molecular complexity index is 487. The summed E-state index contributed by atoms with van der Waals surface area (Å²) < 4.78 is 7.19. The molecule has 0 aromatic carbocycles. The van der Waals surface area contributed by atoms with Gasteiger partial charge in [0.25, 0.3) is 0 Å². The molecule has 19 heavy (non-hydrogen) atoms. The van der Waals surface area contributed by atoms with Gasteiger partial charge in [0.1, 0.15) is 6.04 Å². The van der Waals surface area contributed by atoms with Crippen LogP contribution in [0.2, 0.25) is 0 Å². The van der Waals surface area contributed by atoms with Crippen LogP contribution in [0.4, 0.5) is 0 Å². The summed E-state index contributed by atoms with van der Waals surface area (Å²) in [5.74, 6) is 0.0857. The number of rotatable bonds is 3. The second-order valence-electron chi connectivity index (χ2n) is 4.93. The predicted octanol–water partition coefficient (Wildman–Crippen LogP) is 1.34. The summed E-state index contributed by atoms with van der Waals surface area (Å²) in [4.78, 5) is 25.3. The topological polar surface area (TPSA) is 51.5 Å². The van der Waals surface area contributed by atoms with Crippen molar-refractivity contribution in [1.29, 1.82) is 0 Å². The minimum absolute atomic E-state index is 0.0857. The van der Waals surface area contributed by atoms with E-state index in [-0.39, 0.29) is 11.9 Å². The zero-order valence-electron chi connectivity index (χ0n) is 11.7. The van der Waals surface area contributed by atoms with Gasteiger partial charge < -0.3 is 14.2 Å². The van der Waals surface area contributed by atoms with E-state index in [9.17, 15) is 9.59 Å². The van der Waals surface area contributed by atoms with E-state index in [0.29, 0.717) is 31.9 Å². The molecule has 5 heteroatoms. The first-order chi connectivity index (χ1) is 9.06. The maximum Gasteiger partial charge on any atom is 0.245 e. The molecule has 0 radical (unpaired) electrons. The van der Waals surface area contributed by atoms with Crippen molar-refractivity contribution >= 4 is 12.2 Å². The van der Waals surface area contributed by atoms with Crippen molar-refractivity contribution in [1.82, 2.24) is 9.47 Å². The molecule has 2 heterocycles. The highest BCUT2D eigenvalue weighted by Gasteiger charge is 2.25. The largest absolute Gasteiger partial charge is 0.378 e. The van der Waals surface area contributed by atoms with Gasteiger partial charge in [-0.2, -0.15) is 0 Å². The maximum atomic E-state index is 12.5. The number of nitrogens with zero attached hydrogens (tertiary/aromatic N) is 2. The first-order valence-corrected chi connectivity index (χ1v) is 6.56. The highest BCUT2D eigenvalue weighted by atomic mass is 16.5. The SMILES string of the molecule is Cc1cc(C=O)c(C)n1C(C)C(=O)N1CCOCC1. The Morgan fingerprint density at radius 3 is 2.53 bits per heavy atom. The highest BCUT2D eigenvalue weighted by molar-refractivity contribution is 5.82. The van der Waals surface area contributed by atoms with Gasteiger partial charge in [0.2, 0.25) is 5.91 Å². The van der Waals surface area contributed by atoms with Crippen molar-refractivity contribution in [3.05, 3.63) is 23.0 Å². The Hall–Kier alpha value is -1.62. The third-order valence-electron chi connectivity index (χ3n) is 3.72. The number of carbonyl (C=O) groups is 2. The molecule has 0 N–H and O–H groups in total. The van der Waals surface area contributed by atoms with Crippen molar-refractivity contribution in [2.75, 3.05) is 26.3 Å². The second-order valence-corrected chi connectivity index (χ2v) is 4.93. The van der Waals surface area contributed by atoms with Gasteiger partial charge in [-0.3, -0.25) is 9.59 Å². The molecular weight excluding hydrogens is 244 g/mol. The summed E-state index contributed by atoms with van der Waals surface area (Å²) >= 11 is 0. The number of amides is 1. The molecule has 1 amide bonds. The normalized spacial score (nSPS) is 17.3. The molecule has 0 spiro atoms. The van der Waals surface area contributed by atoms with Crippen LogP contribution in [0.1, 0.15) is 34.7 Å². The molecule has 1 aliphatic rings. The summed E-state index contributed by atoms with van der Waals surface area (Å²) in [5.41, 5.74) is 2.44. The molecule has 0 aliphatic carbocycles. The number of hydrogen-bond acceptors (Lipinski definition) is 3. The fourth-order valence-corrected chi connectivity index (χ4v) is 2.68. The van der Waals surface area contributed by atoms with Gasteiger partial charge in [-0.15, -0.1) is 0 Å². The zero-order valence-corrected chi connectivity index (χ0v) is 11.7. The van der Waals surface area contributed by atoms with Crippen LogP contribution in [-0.4, -0.2) is 48.0 Å². The molecule has 1 saturated heterocycles. The third kappa shape index (κ3) is 2.56. The van der Waals surface area contributed by atoms with E-state index in [0.717, 1.165) is 17.7 Å². The standard InChI is InChI=1S/C14H20N2O3/c1-10-8-13(9-17)11(2)16(10)12(3)14(18)15-4-6-19-7-5-15/h8-9,12H,4-7H2,1-3H3. The molecule has 1 unspecified atom stereocenters. The summed E-state index contributed by atoms with van der Waals surface area (Å²) in [5, 5.41) is 0. The number of morpholine rings is 1. The fourth-order valence-electron chi connectivity index (χ4n) is 2.68. The van der Waals surface area contributed by atoms with Crippen LogP contribution in [0.15, 0.2) is 6.07 Å². The minimum atomic E-state index is -0.285. The van der Waals surface area contributed by atoms with Crippen LogP contribution in [0.3, 0.4) is 0 Å². The molecule has 2 rings (SSSR count). The predicted molar refractivity (Wildman–Crippen MR) is 71.4 cm³/mol. The van der Waals surface area contributed by atoms with Crippen molar-refractivity contribution in [2.24, 2.45) is 0 Å². The van der Waals surface area contributed by atoms with E-state index < -0.39 is 0 Å². The van der Waals surface area contributed by atoms with Crippen LogP contribution >= 0.6 is 0 Å². The lowest BCUT2D eigenvalue weighted by Crippen LogP contribution is -2.43. The monoisotopic (exact) mass is 264 g/mol. The Labute approximate surface area is 113 Å². The Kier molecular flexibility index (Phi) is 4.04. The van der Waals surface area contributed by atoms with Crippen molar-refractivity contribution in [3.63, 3.8) is 0 Å². The first-order valence-electron chi connectivity index (χ1n) is 6.56. The number of aldehydes is 1. The highest BCUT2D eigenvalue weighted by Crippen LogP contribution is 2.21. The molecule has 1 aliphatic heterocycles. The van der Waals surface area contributed by atoms with Gasteiger partial charge in [-0.25, -0.2) is 0 Å². The molecule has 0 saturated carbocycles. The second kappa shape index (κ2) is 5.57. The molecule has 1 fully saturated rings. The van der Waals surface area contributed by atoms with Crippen molar-refractivity contribution in [2.45, 2.75) is 26.8 Å². The zero-order chi connectivity index (χ0) is 14.0. The van der Waals surface area contributed by atoms with Gasteiger partial charge in [-0.1, -0.05) is 0 Å². The Morgan fingerprint density at radius 1 is 1.37 bits per heavy atom. The van der Waals surface area contributed by atoms with Crippen LogP contribution in [0, 0.1) is 13.8 Å². The van der Waals surface area contributed by atoms with E-state index in [1.807, 2.05) is 36.3 Å². The van der Waals surface area contributed by atoms with E-state index in [4.69, 9.17) is 4.74 Å². The van der Waals surface area contributed by atoms with E-state index >= 15 is 0 Å². The van der Waals surface area contributed by atoms with E-state index in [2.05, 4.69) is 0 Å². The van der Waals surface area contributed by atoms with E-state index in [1.54, 1.807) is 0 Å². The average molecular weight is 264 g/mol. The van der Waals surface area contributed by atoms with Gasteiger partial charge in [0.15, 0.2) is 6.29 Å². The smallest absolute Gasteiger partial charge is 0.245 e. The molecular formula is C14H20N2O3. The number of aromatic nitrogens is 1. The lowest BCUT2D eigenvalue weighted by molar-refractivity contribution is -0.138. The molecule has 1 aromatic heterocycles. The minimum Gasteiger partial charge on any atom is -0.378 e. The summed E-state index contributed by atoms with van der Waals surface area (Å²) in [6.45, 7) is 8.16. The molecule has 104 valence electrons. The van der Waals surface area contributed by atoms with Gasteiger partial charge in [0.05, 0.1) is 13.2 Å². The van der Waals surface area contributed by atoms with E-state index in [1.165, 1.54) is 0 Å². The summed E-state index contributed by atoms with van der Waals surface area (Å²) in [7, 11) is 0. The lowest BCUT2D eigenvalue weighted by atomic mass is 10.2. The molecule has 1 atom stereocenters. The van der Waals surface area contributed by atoms with Crippen LogP contribution in [-0.2, 0) is 9.53 Å². The lowest BCUT2D eigenvalue weighted by Gasteiger charge is -2.30. The first kappa shape index (κ1) is 13.8. The Morgan fingerprint density at radius 2 is 2.00 bits per heavy atom. The third-order valence-corrected chi connectivity index (χ3v) is 3.72. The molecule has 0 bridgehead atoms. The van der Waals surface area contributed by atoms with Gasteiger partial charge in [-0.05, 0) is 26.8 Å². The molecule has 1 aromatic rings. The van der Waals surface area contributed by atoms with Crippen molar-refractivity contribution < 1.29 is 14.3 Å². The molecule has 5 nitrogen and oxygen atoms in total. The quantitative estimate of drug-likeness (QED) is 0.774. The summed E-state index contributed by atoms with van der Waals surface area (Å²) in [6, 6.07) is 1.54. The summed E-state index contributed by atoms with van der Waals surface area (Å²) in [6.07, 6.45) is 0.838. The maximum absolute atomic E-state index is 12.5. The van der Waals surface area contributed by atoms with Crippen LogP contribution in [0.25, 0.3) is 0 Å². The Balaban J connectivity index is 2.23. The fraction of sp³-hybridized carbons (Fsp3) is 0.571. The average Bonchev–Trinajstić information content (AvgIpc) is 2.72. The van der Waals surface area contributed by atoms with Gasteiger partial charge >= 0.3 is 0 Å². The van der Waals surface area contributed by atoms with Crippen LogP contribution < -0.4 is 0 Å².